The SMILES string of the molecule is Cc1cc(-n2c(=O)c(C(=O)Nc3ccc(-c4cc(C5CCN(C(=O)C(C)C)CC5)n5ncnc(N)c45)cc3)cn(C(C)C)c2=O)no1. The number of anilines is 2. The summed E-state index contributed by atoms with van der Waals surface area (Å²) in [5.41, 5.74) is 8.49. The van der Waals surface area contributed by atoms with Crippen molar-refractivity contribution in [3.8, 4) is 16.9 Å². The minimum atomic E-state index is -0.808. The molecule has 1 saturated heterocycles. The van der Waals surface area contributed by atoms with Gasteiger partial charge >= 0.3 is 5.69 Å². The van der Waals surface area contributed by atoms with Gasteiger partial charge in [0.15, 0.2) is 11.6 Å². The van der Waals surface area contributed by atoms with E-state index in [-0.39, 0.29) is 35.2 Å². The summed E-state index contributed by atoms with van der Waals surface area (Å²) in [7, 11) is 0. The van der Waals surface area contributed by atoms with Gasteiger partial charge in [0.05, 0.1) is 0 Å². The summed E-state index contributed by atoms with van der Waals surface area (Å²) in [4.78, 5) is 58.6. The number of aryl methyl sites for hydroxylation is 1. The summed E-state index contributed by atoms with van der Waals surface area (Å²) in [5.74, 6) is 0.386. The van der Waals surface area contributed by atoms with E-state index in [0.29, 0.717) is 35.9 Å². The lowest BCUT2D eigenvalue weighted by atomic mass is 9.92. The molecule has 0 radical (unpaired) electrons. The number of carbonyl (C=O) groups is 2. The van der Waals surface area contributed by atoms with E-state index in [1.54, 1.807) is 32.9 Å². The molecule has 1 aromatic carbocycles. The van der Waals surface area contributed by atoms with E-state index in [9.17, 15) is 19.2 Å². The van der Waals surface area contributed by atoms with Crippen molar-refractivity contribution in [1.29, 1.82) is 0 Å². The Hall–Kier alpha value is -5.53. The number of benzene rings is 1. The fraction of sp³-hybridized carbons (Fsp3) is 0.364. The van der Waals surface area contributed by atoms with Crippen LogP contribution in [0.3, 0.4) is 0 Å². The van der Waals surface area contributed by atoms with Crippen molar-refractivity contribution in [2.24, 2.45) is 5.92 Å². The topological polar surface area (TPSA) is 176 Å². The first-order chi connectivity index (χ1) is 22.4. The average Bonchev–Trinajstić information content (AvgIpc) is 3.65. The van der Waals surface area contributed by atoms with Gasteiger partial charge in [-0.2, -0.15) is 5.10 Å². The lowest BCUT2D eigenvalue weighted by Gasteiger charge is -2.33. The maximum Gasteiger partial charge on any atom is 0.337 e. The van der Waals surface area contributed by atoms with E-state index in [1.165, 1.54) is 23.2 Å². The van der Waals surface area contributed by atoms with E-state index >= 15 is 0 Å². The monoisotopic (exact) mass is 639 g/mol. The van der Waals surface area contributed by atoms with Crippen LogP contribution in [0.5, 0.6) is 0 Å². The second kappa shape index (κ2) is 12.3. The Balaban J connectivity index is 1.28. The standard InChI is InChI=1S/C33H37N9O5/c1-18(2)31(44)39-12-10-22(11-13-39)26-15-24(28-29(34)35-17-36-42(26)28)21-6-8-23(9-7-21)37-30(43)25-16-40(19(3)4)33(46)41(32(25)45)27-14-20(5)47-38-27/h6-9,14-19,22H,10-13H2,1-5H3,(H,37,43)(H2,34,35,36). The fourth-order valence-electron chi connectivity index (χ4n) is 6.05. The van der Waals surface area contributed by atoms with Crippen molar-refractivity contribution in [1.82, 2.24) is 33.8 Å². The largest absolute Gasteiger partial charge is 0.382 e. The fourth-order valence-corrected chi connectivity index (χ4v) is 6.05. The summed E-state index contributed by atoms with van der Waals surface area (Å²) in [6, 6.07) is 10.3. The summed E-state index contributed by atoms with van der Waals surface area (Å²) in [6.45, 7) is 10.4. The van der Waals surface area contributed by atoms with Crippen LogP contribution < -0.4 is 22.3 Å². The first-order valence-corrected chi connectivity index (χ1v) is 15.6. The van der Waals surface area contributed by atoms with Crippen LogP contribution in [0.25, 0.3) is 22.5 Å². The predicted octanol–water partition coefficient (Wildman–Crippen LogP) is 3.78. The number of aromatic nitrogens is 6. The Kier molecular flexibility index (Phi) is 8.26. The Labute approximate surface area is 269 Å². The van der Waals surface area contributed by atoms with Gasteiger partial charge in [0.2, 0.25) is 5.91 Å². The zero-order valence-electron chi connectivity index (χ0n) is 26.9. The van der Waals surface area contributed by atoms with Gasteiger partial charge < -0.3 is 20.5 Å². The summed E-state index contributed by atoms with van der Waals surface area (Å²) >= 11 is 0. The van der Waals surface area contributed by atoms with Gasteiger partial charge in [-0.1, -0.05) is 31.1 Å². The highest BCUT2D eigenvalue weighted by atomic mass is 16.5. The minimum Gasteiger partial charge on any atom is -0.382 e. The molecule has 1 fully saturated rings. The lowest BCUT2D eigenvalue weighted by molar-refractivity contribution is -0.135. The van der Waals surface area contributed by atoms with Crippen LogP contribution in [0.1, 0.15) is 74.3 Å². The number of amides is 2. The third kappa shape index (κ3) is 5.82. The average molecular weight is 640 g/mol. The van der Waals surface area contributed by atoms with E-state index in [1.807, 2.05) is 35.4 Å². The van der Waals surface area contributed by atoms with Crippen LogP contribution in [-0.2, 0) is 4.79 Å². The summed E-state index contributed by atoms with van der Waals surface area (Å²) in [5, 5.41) is 11.1. The number of hydrogen-bond donors (Lipinski definition) is 2. The molecule has 14 heteroatoms. The van der Waals surface area contributed by atoms with Crippen LogP contribution in [0.4, 0.5) is 11.5 Å². The molecule has 0 saturated carbocycles. The smallest absolute Gasteiger partial charge is 0.337 e. The van der Waals surface area contributed by atoms with Crippen LogP contribution in [0, 0.1) is 12.8 Å². The third-order valence-electron chi connectivity index (χ3n) is 8.54. The molecule has 244 valence electrons. The van der Waals surface area contributed by atoms with Crippen LogP contribution in [0.15, 0.2) is 63.0 Å². The molecule has 5 heterocycles. The number of fused-ring (bicyclic) bond motifs is 1. The highest BCUT2D eigenvalue weighted by Gasteiger charge is 2.29. The Bertz CT molecular complexity index is 2100. The van der Waals surface area contributed by atoms with Gasteiger partial charge in [-0.15, -0.1) is 0 Å². The number of likely N-dealkylation sites (tertiary alicyclic amines) is 1. The van der Waals surface area contributed by atoms with Crippen LogP contribution in [0.2, 0.25) is 0 Å². The predicted molar refractivity (Wildman–Crippen MR) is 176 cm³/mol. The number of nitrogen functional groups attached to an aromatic ring is 1. The quantitative estimate of drug-likeness (QED) is 0.268. The van der Waals surface area contributed by atoms with E-state index in [0.717, 1.165) is 34.2 Å². The molecule has 6 rings (SSSR count). The first-order valence-electron chi connectivity index (χ1n) is 15.6. The molecule has 0 aliphatic carbocycles. The van der Waals surface area contributed by atoms with Gasteiger partial charge in [0.1, 0.15) is 23.2 Å². The molecule has 5 aromatic rings. The van der Waals surface area contributed by atoms with Gasteiger partial charge in [0, 0.05) is 60.2 Å². The zero-order valence-corrected chi connectivity index (χ0v) is 26.9. The second-order valence-corrected chi connectivity index (χ2v) is 12.4. The van der Waals surface area contributed by atoms with Crippen LogP contribution in [-0.4, -0.2) is 58.7 Å². The number of hydrogen-bond acceptors (Lipinski definition) is 9. The number of piperidine rings is 1. The molecular formula is C33H37N9O5. The molecule has 0 bridgehead atoms. The van der Waals surface area contributed by atoms with Crippen molar-refractivity contribution < 1.29 is 14.1 Å². The number of nitrogens with two attached hydrogens (primary N) is 1. The Morgan fingerprint density at radius 3 is 2.36 bits per heavy atom. The second-order valence-electron chi connectivity index (χ2n) is 12.4. The number of nitrogens with zero attached hydrogens (tertiary/aromatic N) is 7. The van der Waals surface area contributed by atoms with Crippen molar-refractivity contribution in [2.45, 2.75) is 59.4 Å². The molecular weight excluding hydrogens is 602 g/mol. The lowest BCUT2D eigenvalue weighted by Crippen LogP contribution is -2.42. The van der Waals surface area contributed by atoms with E-state index in [4.69, 9.17) is 10.3 Å². The number of rotatable bonds is 7. The van der Waals surface area contributed by atoms with Crippen molar-refractivity contribution >= 4 is 28.8 Å². The molecule has 2 amide bonds. The van der Waals surface area contributed by atoms with Crippen molar-refractivity contribution in [3.05, 3.63) is 86.8 Å². The normalized spacial score (nSPS) is 14.0. The minimum absolute atomic E-state index is 0.00270. The van der Waals surface area contributed by atoms with Gasteiger partial charge in [-0.05, 0) is 57.4 Å². The highest BCUT2D eigenvalue weighted by Crippen LogP contribution is 2.37. The summed E-state index contributed by atoms with van der Waals surface area (Å²) < 4.78 is 9.05. The van der Waals surface area contributed by atoms with Gasteiger partial charge in [0.25, 0.3) is 11.5 Å². The first kappa shape index (κ1) is 31.5. The van der Waals surface area contributed by atoms with E-state index < -0.39 is 17.2 Å². The maximum absolute atomic E-state index is 13.4. The molecule has 0 spiro atoms. The molecule has 14 nitrogen and oxygen atoms in total. The summed E-state index contributed by atoms with van der Waals surface area (Å²) in [6.07, 6.45) is 4.32. The zero-order chi connectivity index (χ0) is 33.6. The van der Waals surface area contributed by atoms with E-state index in [2.05, 4.69) is 26.6 Å². The molecule has 0 unspecified atom stereocenters. The molecule has 1 aliphatic heterocycles. The Morgan fingerprint density at radius 1 is 1.04 bits per heavy atom. The van der Waals surface area contributed by atoms with Crippen LogP contribution >= 0.6 is 0 Å². The number of carbonyl (C=O) groups excluding carboxylic acids is 2. The van der Waals surface area contributed by atoms with Crippen molar-refractivity contribution in [3.63, 3.8) is 0 Å². The molecule has 3 N–H and O–H groups in total. The van der Waals surface area contributed by atoms with Crippen molar-refractivity contribution in [2.75, 3.05) is 24.1 Å². The highest BCUT2D eigenvalue weighted by molar-refractivity contribution is 6.04. The molecule has 1 aliphatic rings. The molecule has 0 atom stereocenters. The third-order valence-corrected chi connectivity index (χ3v) is 8.54. The van der Waals surface area contributed by atoms with Gasteiger partial charge in [-0.3, -0.25) is 19.0 Å². The Morgan fingerprint density at radius 2 is 1.74 bits per heavy atom. The molecule has 4 aromatic heterocycles. The van der Waals surface area contributed by atoms with Gasteiger partial charge in [-0.25, -0.2) is 18.9 Å². The molecule has 47 heavy (non-hydrogen) atoms. The maximum atomic E-state index is 13.4. The number of nitrogens with one attached hydrogen (secondary N) is 1.